The zero-order valence-electron chi connectivity index (χ0n) is 7.50. The summed E-state index contributed by atoms with van der Waals surface area (Å²) in [6.07, 6.45) is 18.1. The molecule has 0 aromatic heterocycles. The fourth-order valence-corrected chi connectivity index (χ4v) is 2.05. The molecule has 2 rings (SSSR count). The van der Waals surface area contributed by atoms with Crippen molar-refractivity contribution in [1.29, 1.82) is 0 Å². The maximum absolute atomic E-state index is 2.40. The quantitative estimate of drug-likeness (QED) is 0.514. The third-order valence-corrected chi connectivity index (χ3v) is 2.78. The number of rotatable bonds is 1. The van der Waals surface area contributed by atoms with E-state index in [1.54, 1.807) is 5.57 Å². The van der Waals surface area contributed by atoms with Crippen molar-refractivity contribution in [3.05, 3.63) is 36.0 Å². The van der Waals surface area contributed by atoms with E-state index in [0.29, 0.717) is 0 Å². The zero-order valence-corrected chi connectivity index (χ0v) is 7.50. The zero-order chi connectivity index (χ0) is 8.23. The third-order valence-electron chi connectivity index (χ3n) is 2.78. The second kappa shape index (κ2) is 3.75. The number of hydrogen-bond acceptors (Lipinski definition) is 0. The summed E-state index contributed by atoms with van der Waals surface area (Å²) in [4.78, 5) is 0. The van der Waals surface area contributed by atoms with Crippen molar-refractivity contribution >= 4 is 0 Å². The largest absolute Gasteiger partial charge is 0.0879 e. The van der Waals surface area contributed by atoms with Crippen LogP contribution in [0.5, 0.6) is 0 Å². The van der Waals surface area contributed by atoms with Crippen molar-refractivity contribution < 1.29 is 0 Å². The van der Waals surface area contributed by atoms with Crippen LogP contribution in [0.4, 0.5) is 0 Å². The third kappa shape index (κ3) is 1.69. The molecule has 0 spiro atoms. The fraction of sp³-hybridized carbons (Fsp3) is 0.500. The van der Waals surface area contributed by atoms with Crippen molar-refractivity contribution in [2.24, 2.45) is 5.92 Å². The van der Waals surface area contributed by atoms with Gasteiger partial charge in [0.25, 0.3) is 0 Å². The van der Waals surface area contributed by atoms with E-state index in [1.807, 2.05) is 0 Å². The predicted octanol–water partition coefficient (Wildman–Crippen LogP) is 3.62. The van der Waals surface area contributed by atoms with E-state index in [0.717, 1.165) is 5.92 Å². The Balaban J connectivity index is 2.07. The van der Waals surface area contributed by atoms with E-state index >= 15 is 0 Å². The first kappa shape index (κ1) is 7.85. The Hall–Kier alpha value is -0.780. The topological polar surface area (TPSA) is 0 Å². The average molecular weight is 160 g/mol. The Labute approximate surface area is 74.7 Å². The molecule has 0 aromatic carbocycles. The van der Waals surface area contributed by atoms with Gasteiger partial charge in [0.2, 0.25) is 0 Å². The molecule has 0 radical (unpaired) electrons. The van der Waals surface area contributed by atoms with Crippen LogP contribution in [0.15, 0.2) is 36.0 Å². The van der Waals surface area contributed by atoms with Gasteiger partial charge in [-0.2, -0.15) is 0 Å². The van der Waals surface area contributed by atoms with E-state index < -0.39 is 0 Å². The second-order valence-corrected chi connectivity index (χ2v) is 3.67. The molecule has 0 nitrogen and oxygen atoms in total. The maximum Gasteiger partial charge on any atom is -0.00199 e. The summed E-state index contributed by atoms with van der Waals surface area (Å²) in [5.41, 5.74) is 1.65. The lowest BCUT2D eigenvalue weighted by Crippen LogP contribution is -2.05. The van der Waals surface area contributed by atoms with Crippen LogP contribution in [0.1, 0.15) is 32.1 Å². The first-order valence-electron chi connectivity index (χ1n) is 4.99. The van der Waals surface area contributed by atoms with E-state index in [2.05, 4.69) is 30.4 Å². The highest BCUT2D eigenvalue weighted by Crippen LogP contribution is 2.28. The molecule has 0 heteroatoms. The summed E-state index contributed by atoms with van der Waals surface area (Å²) < 4.78 is 0. The Morgan fingerprint density at radius 3 is 2.83 bits per heavy atom. The lowest BCUT2D eigenvalue weighted by molar-refractivity contribution is 0.585. The summed E-state index contributed by atoms with van der Waals surface area (Å²) in [5, 5.41) is 0. The molecule has 2 aliphatic carbocycles. The minimum Gasteiger partial charge on any atom is -0.0879 e. The first-order chi connectivity index (χ1) is 5.97. The molecule has 0 aromatic rings. The van der Waals surface area contributed by atoms with Gasteiger partial charge >= 0.3 is 0 Å². The van der Waals surface area contributed by atoms with Crippen LogP contribution in [0.3, 0.4) is 0 Å². The molecular weight excluding hydrogens is 144 g/mol. The minimum absolute atomic E-state index is 0.767. The lowest BCUT2D eigenvalue weighted by Gasteiger charge is -2.20. The van der Waals surface area contributed by atoms with Crippen molar-refractivity contribution in [3.63, 3.8) is 0 Å². The fourth-order valence-electron chi connectivity index (χ4n) is 2.05. The molecule has 0 amide bonds. The van der Waals surface area contributed by atoms with Gasteiger partial charge in [-0.05, 0) is 38.0 Å². The van der Waals surface area contributed by atoms with Gasteiger partial charge in [0.15, 0.2) is 0 Å². The van der Waals surface area contributed by atoms with Gasteiger partial charge in [0.1, 0.15) is 0 Å². The van der Waals surface area contributed by atoms with Crippen LogP contribution in [0.25, 0.3) is 0 Å². The molecule has 1 unspecified atom stereocenters. The Bertz CT molecular complexity index is 230. The van der Waals surface area contributed by atoms with Crippen LogP contribution in [-0.4, -0.2) is 0 Å². The molecule has 0 bridgehead atoms. The van der Waals surface area contributed by atoms with Gasteiger partial charge in [-0.25, -0.2) is 0 Å². The monoisotopic (exact) mass is 160 g/mol. The average Bonchev–Trinajstić information content (AvgIpc) is 2.21. The summed E-state index contributed by atoms with van der Waals surface area (Å²) in [6.45, 7) is 0. The molecule has 0 heterocycles. The number of hydrogen-bond donors (Lipinski definition) is 0. The van der Waals surface area contributed by atoms with E-state index in [-0.39, 0.29) is 0 Å². The van der Waals surface area contributed by atoms with Crippen LogP contribution >= 0.6 is 0 Å². The van der Waals surface area contributed by atoms with Crippen molar-refractivity contribution in [2.75, 3.05) is 0 Å². The van der Waals surface area contributed by atoms with Crippen molar-refractivity contribution in [1.82, 2.24) is 0 Å². The van der Waals surface area contributed by atoms with Gasteiger partial charge < -0.3 is 0 Å². The molecule has 0 aliphatic heterocycles. The molecule has 2 aliphatic rings. The molecule has 1 atom stereocenters. The molecule has 0 N–H and O–H groups in total. The van der Waals surface area contributed by atoms with Gasteiger partial charge in [-0.15, -0.1) is 0 Å². The standard InChI is InChI=1S/C12H16/c1-3-7-11(8-4-1)12-9-5-2-6-10-12/h1,3,5,7,9,12H,2,4,6,8,10H2. The Morgan fingerprint density at radius 2 is 2.17 bits per heavy atom. The molecule has 12 heavy (non-hydrogen) atoms. The molecule has 0 saturated carbocycles. The molecule has 64 valence electrons. The van der Waals surface area contributed by atoms with E-state index in [1.165, 1.54) is 32.1 Å². The highest BCUT2D eigenvalue weighted by Gasteiger charge is 2.13. The summed E-state index contributed by atoms with van der Waals surface area (Å²) in [5.74, 6) is 0.767. The lowest BCUT2D eigenvalue weighted by atomic mass is 9.85. The van der Waals surface area contributed by atoms with Crippen molar-refractivity contribution in [2.45, 2.75) is 32.1 Å². The highest BCUT2D eigenvalue weighted by molar-refractivity contribution is 5.23. The summed E-state index contributed by atoms with van der Waals surface area (Å²) in [7, 11) is 0. The molecule has 0 fully saturated rings. The van der Waals surface area contributed by atoms with Crippen LogP contribution in [0.2, 0.25) is 0 Å². The molecule has 0 saturated heterocycles. The second-order valence-electron chi connectivity index (χ2n) is 3.67. The van der Waals surface area contributed by atoms with Crippen LogP contribution in [-0.2, 0) is 0 Å². The van der Waals surface area contributed by atoms with Gasteiger partial charge in [-0.1, -0.05) is 36.0 Å². The predicted molar refractivity (Wildman–Crippen MR) is 52.9 cm³/mol. The number of allylic oxidation sites excluding steroid dienone is 6. The van der Waals surface area contributed by atoms with Crippen LogP contribution in [0, 0.1) is 5.92 Å². The minimum atomic E-state index is 0.767. The normalized spacial score (nSPS) is 28.7. The first-order valence-corrected chi connectivity index (χ1v) is 4.99. The van der Waals surface area contributed by atoms with Crippen molar-refractivity contribution in [3.8, 4) is 0 Å². The SMILES string of the molecule is C1=CCCC(C2C=CCCC2)=C1. The van der Waals surface area contributed by atoms with E-state index in [4.69, 9.17) is 0 Å². The molecular formula is C12H16. The Kier molecular flexibility index (Phi) is 2.45. The van der Waals surface area contributed by atoms with Crippen LogP contribution < -0.4 is 0 Å². The van der Waals surface area contributed by atoms with Gasteiger partial charge in [0.05, 0.1) is 0 Å². The smallest absolute Gasteiger partial charge is 0.00199 e. The highest BCUT2D eigenvalue weighted by atomic mass is 14.2. The van der Waals surface area contributed by atoms with Gasteiger partial charge in [-0.3, -0.25) is 0 Å². The Morgan fingerprint density at radius 1 is 1.17 bits per heavy atom. The van der Waals surface area contributed by atoms with E-state index in [9.17, 15) is 0 Å². The maximum atomic E-state index is 2.40. The summed E-state index contributed by atoms with van der Waals surface area (Å²) in [6, 6.07) is 0. The van der Waals surface area contributed by atoms with Gasteiger partial charge in [0, 0.05) is 0 Å². The summed E-state index contributed by atoms with van der Waals surface area (Å²) >= 11 is 0.